The Morgan fingerprint density at radius 2 is 0.918 bits per heavy atom. The normalized spacial score (nSPS) is 16.0. The Balaban J connectivity index is 1.18. The summed E-state index contributed by atoms with van der Waals surface area (Å²) in [4.78, 5) is 17.5. The molecule has 1 aliphatic carbocycles. The second kappa shape index (κ2) is 12.3. The monoisotopic (exact) mass is 628 g/mol. The van der Waals surface area contributed by atoms with E-state index in [4.69, 9.17) is 15.0 Å². The maximum atomic E-state index is 5.08. The van der Waals surface area contributed by atoms with Crippen molar-refractivity contribution in [2.24, 2.45) is 0 Å². The molecule has 9 rings (SSSR count). The number of benzene rings is 6. The average Bonchev–Trinajstić information content (AvgIpc) is 3.52. The summed E-state index contributed by atoms with van der Waals surface area (Å²) in [5.74, 6) is 2.22. The molecule has 0 saturated carbocycles. The van der Waals surface area contributed by atoms with E-state index in [2.05, 4.69) is 126 Å². The van der Waals surface area contributed by atoms with Gasteiger partial charge in [0.25, 0.3) is 0 Å². The molecule has 0 spiro atoms. The first kappa shape index (κ1) is 28.8. The molecule has 4 nitrogen and oxygen atoms in total. The summed E-state index contributed by atoms with van der Waals surface area (Å²) in [6, 6.07) is 55.3. The fraction of sp³-hybridized carbons (Fsp3) is 0.0444. The van der Waals surface area contributed by atoms with Crippen LogP contribution in [-0.2, 0) is 0 Å². The third-order valence-corrected chi connectivity index (χ3v) is 9.48. The predicted molar refractivity (Wildman–Crippen MR) is 200 cm³/mol. The van der Waals surface area contributed by atoms with E-state index in [0.717, 1.165) is 27.8 Å². The van der Waals surface area contributed by atoms with Crippen LogP contribution in [0.3, 0.4) is 0 Å². The molecule has 2 unspecified atom stereocenters. The fourth-order valence-electron chi connectivity index (χ4n) is 7.21. The minimum absolute atomic E-state index is 0.245. The van der Waals surface area contributed by atoms with Crippen molar-refractivity contribution in [2.75, 3.05) is 4.90 Å². The number of nitrogens with zero attached hydrogens (tertiary/aromatic N) is 4. The molecule has 1 aromatic heterocycles. The lowest BCUT2D eigenvalue weighted by Gasteiger charge is -2.28. The maximum Gasteiger partial charge on any atom is 0.164 e. The van der Waals surface area contributed by atoms with Crippen LogP contribution < -0.4 is 4.90 Å². The van der Waals surface area contributed by atoms with E-state index in [1.807, 2.05) is 60.7 Å². The highest BCUT2D eigenvalue weighted by Gasteiger charge is 2.37. The number of hydrogen-bond acceptors (Lipinski definition) is 4. The minimum atomic E-state index is 0.245. The molecule has 0 fully saturated rings. The quantitative estimate of drug-likeness (QED) is 0.184. The van der Waals surface area contributed by atoms with Gasteiger partial charge >= 0.3 is 0 Å². The third kappa shape index (κ3) is 5.24. The van der Waals surface area contributed by atoms with Crippen molar-refractivity contribution in [1.82, 2.24) is 15.0 Å². The summed E-state index contributed by atoms with van der Waals surface area (Å²) < 4.78 is 0. The van der Waals surface area contributed by atoms with Gasteiger partial charge in [-0.1, -0.05) is 158 Å². The molecule has 4 heteroatoms. The molecule has 232 valence electrons. The molecule has 0 amide bonds. The SMILES string of the molecule is C1=CC2c3cc(-c4ccccc4-c4ccccc4-c4nc(-c5ccccc5)nc(-c5ccccc5)n4)ccc3N(c3ccccc3)C2C=C1. The maximum absolute atomic E-state index is 5.08. The number of aromatic nitrogens is 3. The van der Waals surface area contributed by atoms with E-state index in [-0.39, 0.29) is 12.0 Å². The van der Waals surface area contributed by atoms with Crippen molar-refractivity contribution >= 4 is 11.4 Å². The number of anilines is 2. The van der Waals surface area contributed by atoms with Crippen molar-refractivity contribution in [2.45, 2.75) is 12.0 Å². The number of para-hydroxylation sites is 1. The summed E-state index contributed by atoms with van der Waals surface area (Å²) >= 11 is 0. The van der Waals surface area contributed by atoms with Gasteiger partial charge in [0.1, 0.15) is 0 Å². The van der Waals surface area contributed by atoms with Gasteiger partial charge in [-0.25, -0.2) is 15.0 Å². The predicted octanol–water partition coefficient (Wildman–Crippen LogP) is 10.9. The molecule has 0 N–H and O–H groups in total. The molecule has 0 radical (unpaired) electrons. The van der Waals surface area contributed by atoms with Crippen molar-refractivity contribution in [3.8, 4) is 56.4 Å². The first-order valence-electron chi connectivity index (χ1n) is 16.7. The van der Waals surface area contributed by atoms with E-state index in [1.165, 1.54) is 28.1 Å². The van der Waals surface area contributed by atoms with Gasteiger partial charge < -0.3 is 4.90 Å². The van der Waals surface area contributed by atoms with Gasteiger partial charge in [0.05, 0.1) is 6.04 Å². The lowest BCUT2D eigenvalue weighted by atomic mass is 9.87. The van der Waals surface area contributed by atoms with Gasteiger partial charge in [-0.2, -0.15) is 0 Å². The van der Waals surface area contributed by atoms with Gasteiger partial charge in [0.15, 0.2) is 17.5 Å². The first-order valence-corrected chi connectivity index (χ1v) is 16.7. The molecule has 0 bridgehead atoms. The molecule has 6 aromatic carbocycles. The van der Waals surface area contributed by atoms with Gasteiger partial charge in [-0.15, -0.1) is 0 Å². The zero-order valence-electron chi connectivity index (χ0n) is 26.8. The molecule has 2 aliphatic rings. The van der Waals surface area contributed by atoms with Gasteiger partial charge in [-0.3, -0.25) is 0 Å². The summed E-state index contributed by atoms with van der Waals surface area (Å²) in [7, 11) is 0. The van der Waals surface area contributed by atoms with E-state index >= 15 is 0 Å². The minimum Gasteiger partial charge on any atom is -0.333 e. The Kier molecular flexibility index (Phi) is 7.25. The molecular formula is C45H32N4. The van der Waals surface area contributed by atoms with Crippen molar-refractivity contribution < 1.29 is 0 Å². The highest BCUT2D eigenvalue weighted by atomic mass is 15.2. The Hall–Kier alpha value is -6.39. The van der Waals surface area contributed by atoms with Crippen molar-refractivity contribution in [1.29, 1.82) is 0 Å². The number of hydrogen-bond donors (Lipinski definition) is 0. The Morgan fingerprint density at radius 1 is 0.408 bits per heavy atom. The number of fused-ring (bicyclic) bond motifs is 3. The van der Waals surface area contributed by atoms with Crippen LogP contribution in [0.25, 0.3) is 56.4 Å². The van der Waals surface area contributed by atoms with E-state index in [1.54, 1.807) is 0 Å². The molecule has 2 atom stereocenters. The molecular weight excluding hydrogens is 597 g/mol. The van der Waals surface area contributed by atoms with E-state index in [9.17, 15) is 0 Å². The van der Waals surface area contributed by atoms with Gasteiger partial charge in [0.2, 0.25) is 0 Å². The summed E-state index contributed by atoms with van der Waals surface area (Å²) in [5.41, 5.74) is 11.2. The smallest absolute Gasteiger partial charge is 0.164 e. The molecule has 0 saturated heterocycles. The second-order valence-corrected chi connectivity index (χ2v) is 12.4. The van der Waals surface area contributed by atoms with E-state index in [0.29, 0.717) is 17.5 Å². The van der Waals surface area contributed by atoms with Crippen molar-refractivity contribution in [3.63, 3.8) is 0 Å². The van der Waals surface area contributed by atoms with Crippen LogP contribution in [-0.4, -0.2) is 21.0 Å². The standard InChI is InChI=1S/C45H32N4/c1-4-16-31(17-5-1)43-46-44(32-18-6-2-7-19-32)48-45(47-43)39-26-13-12-24-37(39)36-23-11-10-22-35(36)33-28-29-42-40(30-33)38-25-14-15-27-41(38)49(42)34-20-8-3-9-21-34/h1-30,38,41H. The summed E-state index contributed by atoms with van der Waals surface area (Å²) in [5, 5.41) is 0. The average molecular weight is 629 g/mol. The summed E-state index contributed by atoms with van der Waals surface area (Å²) in [6.07, 6.45) is 9.01. The van der Waals surface area contributed by atoms with Crippen LogP contribution in [0.2, 0.25) is 0 Å². The molecule has 49 heavy (non-hydrogen) atoms. The van der Waals surface area contributed by atoms with Crippen LogP contribution in [0.15, 0.2) is 182 Å². The fourth-order valence-corrected chi connectivity index (χ4v) is 7.21. The van der Waals surface area contributed by atoms with Crippen LogP contribution >= 0.6 is 0 Å². The molecule has 7 aromatic rings. The number of allylic oxidation sites excluding steroid dienone is 2. The Morgan fingerprint density at radius 3 is 1.57 bits per heavy atom. The lowest BCUT2D eigenvalue weighted by Crippen LogP contribution is -2.28. The Labute approximate surface area is 286 Å². The zero-order chi connectivity index (χ0) is 32.6. The van der Waals surface area contributed by atoms with E-state index < -0.39 is 0 Å². The highest BCUT2D eigenvalue weighted by Crippen LogP contribution is 2.49. The van der Waals surface area contributed by atoms with Gasteiger partial charge in [-0.05, 0) is 52.1 Å². The van der Waals surface area contributed by atoms with Crippen molar-refractivity contribution in [3.05, 3.63) is 188 Å². The number of rotatable bonds is 6. The molecule has 2 heterocycles. The van der Waals surface area contributed by atoms with Crippen LogP contribution in [0, 0.1) is 0 Å². The summed E-state index contributed by atoms with van der Waals surface area (Å²) in [6.45, 7) is 0. The lowest BCUT2D eigenvalue weighted by molar-refractivity contribution is 0.745. The topological polar surface area (TPSA) is 41.9 Å². The van der Waals surface area contributed by atoms with Crippen LogP contribution in [0.4, 0.5) is 11.4 Å². The largest absolute Gasteiger partial charge is 0.333 e. The second-order valence-electron chi connectivity index (χ2n) is 12.4. The Bertz CT molecular complexity index is 2290. The van der Waals surface area contributed by atoms with Crippen LogP contribution in [0.1, 0.15) is 11.5 Å². The van der Waals surface area contributed by atoms with Crippen LogP contribution in [0.5, 0.6) is 0 Å². The van der Waals surface area contributed by atoms with Gasteiger partial charge in [0, 0.05) is 34.0 Å². The highest BCUT2D eigenvalue weighted by molar-refractivity contribution is 5.92. The third-order valence-electron chi connectivity index (χ3n) is 9.48. The zero-order valence-corrected chi connectivity index (χ0v) is 26.8. The first-order chi connectivity index (χ1) is 24.3. The molecule has 1 aliphatic heterocycles.